The summed E-state index contributed by atoms with van der Waals surface area (Å²) in [5.74, 6) is 0.790. The van der Waals surface area contributed by atoms with Crippen LogP contribution in [0.15, 0.2) is 34.8 Å². The number of aromatic hydroxyl groups is 1. The van der Waals surface area contributed by atoms with E-state index in [1.54, 1.807) is 13.2 Å². The molecule has 24 heavy (non-hydrogen) atoms. The summed E-state index contributed by atoms with van der Waals surface area (Å²) in [4.78, 5) is 12.3. The lowest BCUT2D eigenvalue weighted by molar-refractivity contribution is 0.0953. The van der Waals surface area contributed by atoms with Gasteiger partial charge in [0.15, 0.2) is 11.5 Å². The zero-order chi connectivity index (χ0) is 17.7. The summed E-state index contributed by atoms with van der Waals surface area (Å²) in [6.45, 7) is 2.49. The summed E-state index contributed by atoms with van der Waals surface area (Å²) in [5, 5.41) is 12.7. The zero-order valence-corrected chi connectivity index (χ0v) is 15.4. The van der Waals surface area contributed by atoms with Gasteiger partial charge in [-0.3, -0.25) is 4.79 Å². The Bertz CT molecular complexity index is 746. The van der Waals surface area contributed by atoms with Crippen LogP contribution in [-0.4, -0.2) is 31.8 Å². The molecule has 0 atom stereocenters. The van der Waals surface area contributed by atoms with Crippen LogP contribution < -0.4 is 14.8 Å². The number of hydrogen-bond donors (Lipinski definition) is 2. The highest BCUT2D eigenvalue weighted by Gasteiger charge is 2.13. The van der Waals surface area contributed by atoms with Crippen LogP contribution in [0.25, 0.3) is 0 Å². The monoisotopic (exact) mass is 393 g/mol. The fraction of sp³-hybridized carbons (Fsp3) is 0.278. The molecule has 2 aromatic rings. The topological polar surface area (TPSA) is 67.8 Å². The van der Waals surface area contributed by atoms with Crippen LogP contribution in [0.5, 0.6) is 17.2 Å². The molecule has 0 saturated carbocycles. The molecule has 128 valence electrons. The minimum atomic E-state index is -0.236. The molecule has 2 N–H and O–H groups in total. The summed E-state index contributed by atoms with van der Waals surface area (Å²) < 4.78 is 10.8. The van der Waals surface area contributed by atoms with E-state index in [0.29, 0.717) is 23.0 Å². The molecular formula is C18H20BrNO4. The lowest BCUT2D eigenvalue weighted by Crippen LogP contribution is -2.25. The van der Waals surface area contributed by atoms with Crippen LogP contribution in [0, 0.1) is 6.92 Å². The van der Waals surface area contributed by atoms with Crippen molar-refractivity contribution in [2.75, 3.05) is 20.8 Å². The van der Waals surface area contributed by atoms with E-state index in [-0.39, 0.29) is 17.4 Å². The first-order chi connectivity index (χ1) is 11.5. The van der Waals surface area contributed by atoms with Gasteiger partial charge in [-0.1, -0.05) is 17.7 Å². The van der Waals surface area contributed by atoms with Gasteiger partial charge in [0, 0.05) is 12.1 Å². The van der Waals surface area contributed by atoms with E-state index in [9.17, 15) is 9.90 Å². The largest absolute Gasteiger partial charge is 0.503 e. The summed E-state index contributed by atoms with van der Waals surface area (Å²) >= 11 is 3.21. The summed E-state index contributed by atoms with van der Waals surface area (Å²) in [6, 6.07) is 9.02. The fourth-order valence-corrected chi connectivity index (χ4v) is 2.82. The number of hydrogen-bond acceptors (Lipinski definition) is 4. The molecule has 6 heteroatoms. The van der Waals surface area contributed by atoms with Crippen molar-refractivity contribution < 1.29 is 19.4 Å². The Hall–Kier alpha value is -2.21. The van der Waals surface area contributed by atoms with Gasteiger partial charge in [0.1, 0.15) is 5.75 Å². The van der Waals surface area contributed by atoms with E-state index in [1.165, 1.54) is 13.2 Å². The third-order valence-corrected chi connectivity index (χ3v) is 4.23. The van der Waals surface area contributed by atoms with Gasteiger partial charge in [-0.05, 0) is 53.0 Å². The zero-order valence-electron chi connectivity index (χ0n) is 13.9. The van der Waals surface area contributed by atoms with Crippen molar-refractivity contribution in [2.24, 2.45) is 0 Å². The quantitative estimate of drug-likeness (QED) is 0.788. The number of rotatable bonds is 6. The molecule has 0 saturated heterocycles. The van der Waals surface area contributed by atoms with Gasteiger partial charge in [-0.25, -0.2) is 0 Å². The molecule has 0 spiro atoms. The standard InChI is InChI=1S/C18H20BrNO4/c1-11-4-5-15(23-2)12(8-11)6-7-20-18(22)13-9-14(19)17(21)16(10-13)24-3/h4-5,8-10,21H,6-7H2,1-3H3,(H,20,22). The van der Waals surface area contributed by atoms with Gasteiger partial charge in [0.25, 0.3) is 5.91 Å². The van der Waals surface area contributed by atoms with Crippen LogP contribution in [-0.2, 0) is 6.42 Å². The highest BCUT2D eigenvalue weighted by Crippen LogP contribution is 2.35. The van der Waals surface area contributed by atoms with Gasteiger partial charge in [0.2, 0.25) is 0 Å². The molecular weight excluding hydrogens is 374 g/mol. The number of benzene rings is 2. The average molecular weight is 394 g/mol. The van der Waals surface area contributed by atoms with E-state index in [4.69, 9.17) is 9.47 Å². The molecule has 2 rings (SSSR count). The molecule has 0 aliphatic rings. The Morgan fingerprint density at radius 3 is 2.54 bits per heavy atom. The highest BCUT2D eigenvalue weighted by atomic mass is 79.9. The van der Waals surface area contributed by atoms with Crippen molar-refractivity contribution in [3.63, 3.8) is 0 Å². The van der Waals surface area contributed by atoms with Gasteiger partial charge in [-0.2, -0.15) is 0 Å². The molecule has 0 aromatic heterocycles. The molecule has 0 radical (unpaired) electrons. The van der Waals surface area contributed by atoms with E-state index in [2.05, 4.69) is 21.2 Å². The van der Waals surface area contributed by atoms with Crippen LogP contribution in [0.4, 0.5) is 0 Å². The van der Waals surface area contributed by atoms with Gasteiger partial charge >= 0.3 is 0 Å². The van der Waals surface area contributed by atoms with Gasteiger partial charge in [0.05, 0.1) is 18.7 Å². The molecule has 2 aromatic carbocycles. The van der Waals surface area contributed by atoms with Crippen molar-refractivity contribution in [3.8, 4) is 17.2 Å². The molecule has 1 amide bonds. The molecule has 0 aliphatic carbocycles. The van der Waals surface area contributed by atoms with Crippen molar-refractivity contribution in [3.05, 3.63) is 51.5 Å². The lowest BCUT2D eigenvalue weighted by Gasteiger charge is -2.11. The molecule has 0 heterocycles. The molecule has 0 bridgehead atoms. The second kappa shape index (κ2) is 8.06. The first-order valence-electron chi connectivity index (χ1n) is 7.44. The van der Waals surface area contributed by atoms with Crippen molar-refractivity contribution in [1.82, 2.24) is 5.32 Å². The second-order valence-electron chi connectivity index (χ2n) is 5.33. The maximum Gasteiger partial charge on any atom is 0.251 e. The van der Waals surface area contributed by atoms with Crippen LogP contribution in [0.1, 0.15) is 21.5 Å². The number of methoxy groups -OCH3 is 2. The van der Waals surface area contributed by atoms with E-state index >= 15 is 0 Å². The third kappa shape index (κ3) is 4.20. The predicted molar refractivity (Wildman–Crippen MR) is 96.1 cm³/mol. The number of aryl methyl sites for hydroxylation is 1. The Balaban J connectivity index is 2.04. The van der Waals surface area contributed by atoms with E-state index in [1.807, 2.05) is 25.1 Å². The van der Waals surface area contributed by atoms with Gasteiger partial charge in [-0.15, -0.1) is 0 Å². The van der Waals surface area contributed by atoms with Crippen LogP contribution >= 0.6 is 15.9 Å². The third-order valence-electron chi connectivity index (χ3n) is 3.63. The number of halogens is 1. The number of nitrogens with one attached hydrogen (secondary N) is 1. The lowest BCUT2D eigenvalue weighted by atomic mass is 10.1. The molecule has 0 aliphatic heterocycles. The molecule has 0 unspecified atom stereocenters. The number of carbonyl (C=O) groups is 1. The normalized spacial score (nSPS) is 10.3. The molecule has 0 fully saturated rings. The number of phenolic OH excluding ortho intramolecular Hbond substituents is 1. The summed E-state index contributed by atoms with van der Waals surface area (Å²) in [6.07, 6.45) is 0.660. The first kappa shape index (κ1) is 18.1. The maximum absolute atomic E-state index is 12.3. The van der Waals surface area contributed by atoms with Crippen LogP contribution in [0.2, 0.25) is 0 Å². The molecule has 5 nitrogen and oxygen atoms in total. The Morgan fingerprint density at radius 1 is 1.17 bits per heavy atom. The van der Waals surface area contributed by atoms with Crippen molar-refractivity contribution in [1.29, 1.82) is 0 Å². The SMILES string of the molecule is COc1ccc(C)cc1CCNC(=O)c1cc(Br)c(O)c(OC)c1. The van der Waals surface area contributed by atoms with E-state index in [0.717, 1.165) is 16.9 Å². The average Bonchev–Trinajstić information content (AvgIpc) is 2.57. The maximum atomic E-state index is 12.3. The van der Waals surface area contributed by atoms with Gasteiger partial charge < -0.3 is 19.9 Å². The predicted octanol–water partition coefficient (Wildman–Crippen LogP) is 3.45. The van der Waals surface area contributed by atoms with Crippen molar-refractivity contribution >= 4 is 21.8 Å². The Morgan fingerprint density at radius 2 is 1.88 bits per heavy atom. The minimum Gasteiger partial charge on any atom is -0.503 e. The minimum absolute atomic E-state index is 0.0291. The number of ether oxygens (including phenoxy) is 2. The number of amides is 1. The highest BCUT2D eigenvalue weighted by molar-refractivity contribution is 9.10. The number of carbonyl (C=O) groups excluding carboxylic acids is 1. The Kier molecular flexibility index (Phi) is 6.09. The smallest absolute Gasteiger partial charge is 0.251 e. The summed E-state index contributed by atoms with van der Waals surface area (Å²) in [7, 11) is 3.07. The number of phenols is 1. The van der Waals surface area contributed by atoms with E-state index < -0.39 is 0 Å². The fourth-order valence-electron chi connectivity index (χ4n) is 2.38. The first-order valence-corrected chi connectivity index (χ1v) is 8.23. The van der Waals surface area contributed by atoms with Crippen molar-refractivity contribution in [2.45, 2.75) is 13.3 Å². The summed E-state index contributed by atoms with van der Waals surface area (Å²) in [5.41, 5.74) is 2.60. The Labute approximate surface area is 149 Å². The second-order valence-corrected chi connectivity index (χ2v) is 6.18. The van der Waals surface area contributed by atoms with Crippen LogP contribution in [0.3, 0.4) is 0 Å².